The Kier molecular flexibility index (Phi) is 8.02. The first-order valence-electron chi connectivity index (χ1n) is 10.8. The molecule has 1 aromatic carbocycles. The number of carbonyl (C=O) groups excluding carboxylic acids is 1. The molecule has 0 saturated heterocycles. The highest BCUT2D eigenvalue weighted by Gasteiger charge is 2.34. The Morgan fingerprint density at radius 1 is 1.11 bits per heavy atom. The Morgan fingerprint density at radius 3 is 2.63 bits per heavy atom. The molecule has 3 rings (SSSR count). The lowest BCUT2D eigenvalue weighted by Crippen LogP contribution is -2.42. The van der Waals surface area contributed by atoms with Gasteiger partial charge < -0.3 is 10.1 Å². The lowest BCUT2D eigenvalue weighted by molar-refractivity contribution is -0.144. The van der Waals surface area contributed by atoms with Crippen molar-refractivity contribution in [2.45, 2.75) is 76.7 Å². The third-order valence-corrected chi connectivity index (χ3v) is 6.76. The molecule has 1 aromatic rings. The predicted molar refractivity (Wildman–Crippen MR) is 111 cm³/mol. The van der Waals surface area contributed by atoms with Gasteiger partial charge in [-0.1, -0.05) is 49.1 Å². The molecule has 0 bridgehead atoms. The van der Waals surface area contributed by atoms with Crippen LogP contribution < -0.4 is 5.32 Å². The number of nitrogens with one attached hydrogen (secondary N) is 1. The van der Waals surface area contributed by atoms with Crippen molar-refractivity contribution >= 4 is 17.6 Å². The van der Waals surface area contributed by atoms with Gasteiger partial charge in [0.2, 0.25) is 0 Å². The van der Waals surface area contributed by atoms with E-state index in [-0.39, 0.29) is 5.97 Å². The van der Waals surface area contributed by atoms with Crippen LogP contribution in [-0.2, 0) is 9.53 Å². The van der Waals surface area contributed by atoms with Gasteiger partial charge in [-0.05, 0) is 69.0 Å². The van der Waals surface area contributed by atoms with E-state index < -0.39 is 0 Å². The van der Waals surface area contributed by atoms with E-state index >= 15 is 0 Å². The molecule has 1 N–H and O–H groups in total. The lowest BCUT2D eigenvalue weighted by Gasteiger charge is -2.38. The zero-order valence-electron chi connectivity index (χ0n) is 16.6. The summed E-state index contributed by atoms with van der Waals surface area (Å²) in [5.41, 5.74) is 1.23. The fraction of sp³-hybridized carbons (Fsp3) is 0.696. The van der Waals surface area contributed by atoms with Crippen LogP contribution in [0.2, 0.25) is 5.02 Å². The minimum atomic E-state index is -0.0611. The van der Waals surface area contributed by atoms with Crippen molar-refractivity contribution in [1.29, 1.82) is 0 Å². The molecule has 2 aliphatic rings. The second-order valence-corrected chi connectivity index (χ2v) is 8.74. The normalized spacial score (nSPS) is 26.7. The Bertz CT molecular complexity index is 600. The second kappa shape index (κ2) is 10.5. The van der Waals surface area contributed by atoms with Crippen molar-refractivity contribution < 1.29 is 9.53 Å². The van der Waals surface area contributed by atoms with Crippen LogP contribution in [0.4, 0.5) is 0 Å². The summed E-state index contributed by atoms with van der Waals surface area (Å²) in [4.78, 5) is 12.0. The van der Waals surface area contributed by atoms with Crippen molar-refractivity contribution in [3.63, 3.8) is 0 Å². The summed E-state index contributed by atoms with van der Waals surface area (Å²) in [6, 6.07) is 8.67. The smallest absolute Gasteiger partial charge is 0.306 e. The zero-order valence-corrected chi connectivity index (χ0v) is 17.3. The highest BCUT2D eigenvalue weighted by Crippen LogP contribution is 2.40. The van der Waals surface area contributed by atoms with Gasteiger partial charge in [0, 0.05) is 23.4 Å². The number of benzene rings is 1. The van der Waals surface area contributed by atoms with Crippen LogP contribution in [0.5, 0.6) is 0 Å². The Labute approximate surface area is 169 Å². The third-order valence-electron chi connectivity index (χ3n) is 6.42. The Morgan fingerprint density at radius 2 is 1.89 bits per heavy atom. The minimum absolute atomic E-state index is 0.0611. The summed E-state index contributed by atoms with van der Waals surface area (Å²) in [6.45, 7) is 3.45. The van der Waals surface area contributed by atoms with E-state index in [9.17, 15) is 4.79 Å². The van der Waals surface area contributed by atoms with E-state index in [1.54, 1.807) is 0 Å². The van der Waals surface area contributed by atoms with Gasteiger partial charge >= 0.3 is 5.97 Å². The van der Waals surface area contributed by atoms with Crippen LogP contribution in [-0.4, -0.2) is 25.2 Å². The number of rotatable bonds is 7. The maximum absolute atomic E-state index is 12.0. The number of esters is 1. The molecule has 2 fully saturated rings. The van der Waals surface area contributed by atoms with E-state index in [0.717, 1.165) is 36.7 Å². The van der Waals surface area contributed by atoms with Crippen molar-refractivity contribution in [3.8, 4) is 0 Å². The molecule has 2 saturated carbocycles. The first-order chi connectivity index (χ1) is 13.2. The van der Waals surface area contributed by atoms with Gasteiger partial charge in [-0.15, -0.1) is 0 Å². The molecule has 0 aromatic heterocycles. The zero-order chi connectivity index (χ0) is 19.1. The summed E-state index contributed by atoms with van der Waals surface area (Å²) in [5, 5.41) is 4.74. The number of hydrogen-bond acceptors (Lipinski definition) is 3. The Balaban J connectivity index is 1.66. The molecule has 0 amide bonds. The molecule has 3 nitrogen and oxygen atoms in total. The molecule has 0 aliphatic heterocycles. The second-order valence-electron chi connectivity index (χ2n) is 8.34. The maximum atomic E-state index is 12.0. The fourth-order valence-electron chi connectivity index (χ4n) is 4.97. The molecule has 3 atom stereocenters. The molecular weight excluding hydrogens is 358 g/mol. The monoisotopic (exact) mass is 391 g/mol. The molecule has 27 heavy (non-hydrogen) atoms. The van der Waals surface area contributed by atoms with Crippen molar-refractivity contribution in [3.05, 3.63) is 34.9 Å². The summed E-state index contributed by atoms with van der Waals surface area (Å²) in [7, 11) is 0. The van der Waals surface area contributed by atoms with Crippen LogP contribution in [0.15, 0.2) is 24.3 Å². The van der Waals surface area contributed by atoms with E-state index in [1.807, 2.05) is 19.1 Å². The van der Waals surface area contributed by atoms with Crippen LogP contribution >= 0.6 is 11.6 Å². The molecule has 150 valence electrons. The highest BCUT2D eigenvalue weighted by atomic mass is 35.5. The number of halogens is 1. The van der Waals surface area contributed by atoms with Gasteiger partial charge in [-0.3, -0.25) is 4.79 Å². The fourth-order valence-corrected chi connectivity index (χ4v) is 5.25. The van der Waals surface area contributed by atoms with Gasteiger partial charge in [0.25, 0.3) is 0 Å². The first-order valence-corrected chi connectivity index (χ1v) is 11.2. The van der Waals surface area contributed by atoms with Crippen molar-refractivity contribution in [2.75, 3.05) is 13.2 Å². The van der Waals surface area contributed by atoms with Crippen LogP contribution in [0, 0.1) is 11.8 Å². The topological polar surface area (TPSA) is 38.3 Å². The quantitative estimate of drug-likeness (QED) is 0.604. The first kappa shape index (κ1) is 20.7. The van der Waals surface area contributed by atoms with Crippen molar-refractivity contribution in [1.82, 2.24) is 5.32 Å². The summed E-state index contributed by atoms with van der Waals surface area (Å²) < 4.78 is 5.18. The highest BCUT2D eigenvalue weighted by molar-refractivity contribution is 6.31. The van der Waals surface area contributed by atoms with Gasteiger partial charge in [0.15, 0.2) is 0 Å². The molecule has 2 aliphatic carbocycles. The molecule has 4 heteroatoms. The average Bonchev–Trinajstić information content (AvgIpc) is 2.68. The minimum Gasteiger partial charge on any atom is -0.466 e. The number of ether oxygens (including phenoxy) is 1. The third kappa shape index (κ3) is 5.96. The number of hydrogen-bond donors (Lipinski definition) is 1. The molecule has 0 unspecified atom stereocenters. The van der Waals surface area contributed by atoms with Crippen LogP contribution in [0.1, 0.15) is 76.2 Å². The van der Waals surface area contributed by atoms with Crippen LogP contribution in [0.3, 0.4) is 0 Å². The molecular formula is C23H34ClNO2. The predicted octanol–water partition coefficient (Wildman–Crippen LogP) is 5.72. The Hall–Kier alpha value is -1.06. The van der Waals surface area contributed by atoms with Gasteiger partial charge in [-0.25, -0.2) is 0 Å². The lowest BCUT2D eigenvalue weighted by atomic mass is 9.73. The largest absolute Gasteiger partial charge is 0.466 e. The van der Waals surface area contributed by atoms with Gasteiger partial charge in [-0.2, -0.15) is 0 Å². The van der Waals surface area contributed by atoms with Crippen molar-refractivity contribution in [2.24, 2.45) is 11.8 Å². The van der Waals surface area contributed by atoms with E-state index in [2.05, 4.69) is 17.4 Å². The summed E-state index contributed by atoms with van der Waals surface area (Å²) in [5.74, 6) is 1.52. The number of carbonyl (C=O) groups is 1. The standard InChI is InChI=1S/C23H34ClNO2/c1-2-27-23(26)15-18-12-13-22(25-16-17-8-4-3-5-9-17)20(14-18)19-10-6-7-11-21(19)24/h6-7,10-11,17-18,20,22,25H,2-5,8-9,12-16H2,1H3/t18-,20+,22-/m1/s1. The van der Waals surface area contributed by atoms with Crippen LogP contribution in [0.25, 0.3) is 0 Å². The van der Waals surface area contributed by atoms with E-state index in [0.29, 0.717) is 30.9 Å². The van der Waals surface area contributed by atoms with E-state index in [4.69, 9.17) is 16.3 Å². The van der Waals surface area contributed by atoms with Gasteiger partial charge in [0.1, 0.15) is 0 Å². The maximum Gasteiger partial charge on any atom is 0.306 e. The molecule has 0 spiro atoms. The molecule has 0 heterocycles. The molecule has 0 radical (unpaired) electrons. The SMILES string of the molecule is CCOC(=O)C[C@@H]1CC[C@@H](NCC2CCCCC2)[C@H](c2ccccc2Cl)C1. The van der Waals surface area contributed by atoms with E-state index in [1.165, 1.54) is 37.7 Å². The summed E-state index contributed by atoms with van der Waals surface area (Å²) in [6.07, 6.45) is 10.6. The average molecular weight is 392 g/mol. The summed E-state index contributed by atoms with van der Waals surface area (Å²) >= 11 is 6.56. The van der Waals surface area contributed by atoms with Gasteiger partial charge in [0.05, 0.1) is 6.61 Å².